The van der Waals surface area contributed by atoms with E-state index in [4.69, 9.17) is 29.4 Å². The molecule has 0 amide bonds. The fourth-order valence-electron chi connectivity index (χ4n) is 1.80. The predicted molar refractivity (Wildman–Crippen MR) is 93.3 cm³/mol. The Balaban J connectivity index is 1.80. The summed E-state index contributed by atoms with van der Waals surface area (Å²) in [6, 6.07) is 9.45. The van der Waals surface area contributed by atoms with Crippen LogP contribution >= 0.6 is 0 Å². The van der Waals surface area contributed by atoms with Gasteiger partial charge in [-0.3, -0.25) is 0 Å². The van der Waals surface area contributed by atoms with E-state index in [9.17, 15) is 4.79 Å². The van der Waals surface area contributed by atoms with Gasteiger partial charge < -0.3 is 29.4 Å². The van der Waals surface area contributed by atoms with Gasteiger partial charge in [-0.05, 0) is 18.5 Å². The fourth-order valence-corrected chi connectivity index (χ4v) is 1.80. The van der Waals surface area contributed by atoms with Gasteiger partial charge in [-0.25, -0.2) is 4.79 Å². The average Bonchev–Trinajstić information content (AvgIpc) is 2.64. The smallest absolute Gasteiger partial charge is 0.434 e. The van der Waals surface area contributed by atoms with Crippen molar-refractivity contribution in [1.29, 1.82) is 0 Å². The highest BCUT2D eigenvalue weighted by Crippen LogP contribution is 2.01. The van der Waals surface area contributed by atoms with Crippen LogP contribution in [0.25, 0.3) is 0 Å². The minimum Gasteiger partial charge on any atom is -0.434 e. The lowest BCUT2D eigenvalue weighted by molar-refractivity contribution is 0.00833. The van der Waals surface area contributed by atoms with Crippen LogP contribution in [0.15, 0.2) is 30.3 Å². The van der Waals surface area contributed by atoms with Crippen molar-refractivity contribution in [3.05, 3.63) is 35.9 Å². The molecule has 0 atom stereocenters. The maximum atomic E-state index is 11.4. The van der Waals surface area contributed by atoms with Crippen LogP contribution < -0.4 is 5.73 Å². The highest BCUT2D eigenvalue weighted by atomic mass is 16.7. The first-order valence-electron chi connectivity index (χ1n) is 8.59. The van der Waals surface area contributed by atoms with Crippen LogP contribution in [-0.4, -0.2) is 58.9 Å². The van der Waals surface area contributed by atoms with Crippen LogP contribution in [0.4, 0.5) is 4.79 Å². The van der Waals surface area contributed by atoms with Gasteiger partial charge in [0, 0.05) is 19.6 Å². The quantitative estimate of drug-likeness (QED) is 0.381. The number of rotatable bonds is 15. The summed E-state index contributed by atoms with van der Waals surface area (Å²) in [7, 11) is 0. The molecule has 7 nitrogen and oxygen atoms in total. The average molecular weight is 355 g/mol. The van der Waals surface area contributed by atoms with Crippen LogP contribution in [0.1, 0.15) is 18.4 Å². The SMILES string of the molecule is NCCCOCCOCCOCCCOC(=O)OCc1ccccc1. The van der Waals surface area contributed by atoms with E-state index in [1.807, 2.05) is 30.3 Å². The van der Waals surface area contributed by atoms with Gasteiger partial charge in [-0.1, -0.05) is 30.3 Å². The van der Waals surface area contributed by atoms with Crippen molar-refractivity contribution >= 4 is 6.16 Å². The minimum absolute atomic E-state index is 0.212. The Morgan fingerprint density at radius 3 is 2.00 bits per heavy atom. The van der Waals surface area contributed by atoms with Crippen LogP contribution in [0.3, 0.4) is 0 Å². The van der Waals surface area contributed by atoms with Crippen molar-refractivity contribution in [3.8, 4) is 0 Å². The molecule has 0 saturated carbocycles. The lowest BCUT2D eigenvalue weighted by Gasteiger charge is -2.08. The summed E-state index contributed by atoms with van der Waals surface area (Å²) >= 11 is 0. The van der Waals surface area contributed by atoms with Gasteiger partial charge >= 0.3 is 6.16 Å². The number of hydrogen-bond acceptors (Lipinski definition) is 7. The molecule has 0 radical (unpaired) electrons. The Hall–Kier alpha value is -1.67. The van der Waals surface area contributed by atoms with E-state index in [2.05, 4.69) is 0 Å². The zero-order valence-corrected chi connectivity index (χ0v) is 14.7. The molecule has 0 fully saturated rings. The predicted octanol–water partition coefficient (Wildman–Crippen LogP) is 2.13. The van der Waals surface area contributed by atoms with Gasteiger partial charge in [0.05, 0.1) is 33.0 Å². The second-order valence-electron chi connectivity index (χ2n) is 5.21. The Morgan fingerprint density at radius 1 is 0.760 bits per heavy atom. The molecule has 1 rings (SSSR count). The monoisotopic (exact) mass is 355 g/mol. The van der Waals surface area contributed by atoms with Crippen molar-refractivity contribution < 1.29 is 28.5 Å². The first-order chi connectivity index (χ1) is 12.3. The molecule has 0 aliphatic heterocycles. The van der Waals surface area contributed by atoms with E-state index in [0.717, 1.165) is 12.0 Å². The molecule has 0 saturated heterocycles. The number of benzene rings is 1. The highest BCUT2D eigenvalue weighted by molar-refractivity contribution is 5.59. The molecule has 25 heavy (non-hydrogen) atoms. The number of hydrogen-bond donors (Lipinski definition) is 1. The molecule has 2 N–H and O–H groups in total. The van der Waals surface area contributed by atoms with Gasteiger partial charge in [0.25, 0.3) is 0 Å². The normalized spacial score (nSPS) is 10.6. The third kappa shape index (κ3) is 13.3. The molecule has 0 heterocycles. The third-order valence-corrected chi connectivity index (χ3v) is 3.09. The Morgan fingerprint density at radius 2 is 1.36 bits per heavy atom. The Kier molecular flexibility index (Phi) is 13.5. The molecule has 0 aromatic heterocycles. The molecule has 0 spiro atoms. The van der Waals surface area contributed by atoms with E-state index in [1.165, 1.54) is 0 Å². The van der Waals surface area contributed by atoms with E-state index >= 15 is 0 Å². The van der Waals surface area contributed by atoms with E-state index in [1.54, 1.807) is 0 Å². The number of carbonyl (C=O) groups excluding carboxylic acids is 1. The first-order valence-corrected chi connectivity index (χ1v) is 8.59. The maximum absolute atomic E-state index is 11.4. The second kappa shape index (κ2) is 15.8. The maximum Gasteiger partial charge on any atom is 0.508 e. The molecule has 0 unspecified atom stereocenters. The zero-order valence-electron chi connectivity index (χ0n) is 14.7. The zero-order chi connectivity index (χ0) is 18.0. The van der Waals surface area contributed by atoms with Crippen LogP contribution in [0, 0.1) is 0 Å². The minimum atomic E-state index is -0.665. The van der Waals surface area contributed by atoms with Crippen molar-refractivity contribution in [2.45, 2.75) is 19.4 Å². The molecule has 142 valence electrons. The summed E-state index contributed by atoms with van der Waals surface area (Å²) in [4.78, 5) is 11.4. The van der Waals surface area contributed by atoms with E-state index < -0.39 is 6.16 Å². The van der Waals surface area contributed by atoms with E-state index in [0.29, 0.717) is 52.6 Å². The lowest BCUT2D eigenvalue weighted by atomic mass is 10.2. The van der Waals surface area contributed by atoms with Gasteiger partial charge in [-0.15, -0.1) is 0 Å². The van der Waals surface area contributed by atoms with Gasteiger partial charge in [-0.2, -0.15) is 0 Å². The van der Waals surface area contributed by atoms with Crippen molar-refractivity contribution in [1.82, 2.24) is 0 Å². The highest BCUT2D eigenvalue weighted by Gasteiger charge is 2.03. The largest absolute Gasteiger partial charge is 0.508 e. The molecule has 1 aromatic carbocycles. The molecule has 0 aliphatic rings. The topological polar surface area (TPSA) is 89.2 Å². The summed E-state index contributed by atoms with van der Waals surface area (Å²) in [5.74, 6) is 0. The summed E-state index contributed by atoms with van der Waals surface area (Å²) in [6.07, 6.45) is 0.815. The number of ether oxygens (including phenoxy) is 5. The van der Waals surface area contributed by atoms with Crippen molar-refractivity contribution in [3.63, 3.8) is 0 Å². The summed E-state index contributed by atoms with van der Waals surface area (Å²) in [5.41, 5.74) is 6.28. The summed E-state index contributed by atoms with van der Waals surface area (Å²) in [6.45, 7) is 4.42. The van der Waals surface area contributed by atoms with Crippen LogP contribution in [0.5, 0.6) is 0 Å². The lowest BCUT2D eigenvalue weighted by Crippen LogP contribution is -2.13. The molecule has 7 heteroatoms. The van der Waals surface area contributed by atoms with Gasteiger partial charge in [0.1, 0.15) is 6.61 Å². The van der Waals surface area contributed by atoms with Gasteiger partial charge in [0.15, 0.2) is 0 Å². The standard InChI is InChI=1S/C18H29NO6/c19-8-4-9-21-12-14-23-15-13-22-10-5-11-24-18(20)25-16-17-6-2-1-3-7-17/h1-3,6-7H,4-5,8-16,19H2. The third-order valence-electron chi connectivity index (χ3n) is 3.09. The molecule has 0 bridgehead atoms. The second-order valence-corrected chi connectivity index (χ2v) is 5.21. The van der Waals surface area contributed by atoms with Crippen molar-refractivity contribution in [2.24, 2.45) is 5.73 Å². The molecular formula is C18H29NO6. The molecular weight excluding hydrogens is 326 g/mol. The fraction of sp³-hybridized carbons (Fsp3) is 0.611. The molecule has 1 aromatic rings. The number of carbonyl (C=O) groups is 1. The van der Waals surface area contributed by atoms with Crippen LogP contribution in [-0.2, 0) is 30.3 Å². The Bertz CT molecular complexity index is 429. The summed E-state index contributed by atoms with van der Waals surface area (Å²) < 4.78 is 26.0. The molecule has 0 aliphatic carbocycles. The Labute approximate surface area is 149 Å². The van der Waals surface area contributed by atoms with Crippen molar-refractivity contribution in [2.75, 3.05) is 52.8 Å². The van der Waals surface area contributed by atoms with Crippen LogP contribution in [0.2, 0.25) is 0 Å². The first kappa shape index (κ1) is 21.4. The number of nitrogens with two attached hydrogens (primary N) is 1. The van der Waals surface area contributed by atoms with E-state index in [-0.39, 0.29) is 13.2 Å². The van der Waals surface area contributed by atoms with Gasteiger partial charge in [0.2, 0.25) is 0 Å². The summed E-state index contributed by atoms with van der Waals surface area (Å²) in [5, 5.41) is 0.